The number of aliphatic hydroxyl groups is 1. The number of nitrogens with one attached hydrogen (secondary N) is 2. The van der Waals surface area contributed by atoms with Crippen molar-refractivity contribution in [3.05, 3.63) is 29.8 Å². The highest BCUT2D eigenvalue weighted by molar-refractivity contribution is 14.0. The normalized spacial score (nSPS) is 19.7. The van der Waals surface area contributed by atoms with Crippen molar-refractivity contribution in [1.82, 2.24) is 10.6 Å². The minimum Gasteiger partial charge on any atom is -0.494 e. The molecule has 0 aromatic heterocycles. The zero-order valence-corrected chi connectivity index (χ0v) is 18.1. The Morgan fingerprint density at radius 1 is 1.31 bits per heavy atom. The second-order valence-electron chi connectivity index (χ2n) is 6.64. The van der Waals surface area contributed by atoms with Gasteiger partial charge in [0, 0.05) is 38.8 Å². The Morgan fingerprint density at radius 3 is 2.69 bits per heavy atom. The molecule has 1 aliphatic rings. The van der Waals surface area contributed by atoms with Crippen molar-refractivity contribution in [3.63, 3.8) is 0 Å². The minimum absolute atomic E-state index is 0. The number of benzene rings is 1. The third-order valence-corrected chi connectivity index (χ3v) is 4.58. The Hall–Kier alpha value is -1.06. The maximum Gasteiger partial charge on any atom is 0.191 e. The van der Waals surface area contributed by atoms with E-state index in [2.05, 4.69) is 22.5 Å². The Balaban J connectivity index is 0.00000338. The van der Waals surface area contributed by atoms with Gasteiger partial charge >= 0.3 is 0 Å². The fourth-order valence-corrected chi connectivity index (χ4v) is 2.91. The average Bonchev–Trinajstić information content (AvgIpc) is 3.08. The number of guanidine groups is 1. The van der Waals surface area contributed by atoms with Crippen LogP contribution in [0.4, 0.5) is 0 Å². The van der Waals surface area contributed by atoms with Crippen LogP contribution in [0.15, 0.2) is 29.3 Å². The second-order valence-corrected chi connectivity index (χ2v) is 6.64. The molecule has 7 heteroatoms. The molecule has 3 N–H and O–H groups in total. The molecule has 26 heavy (non-hydrogen) atoms. The van der Waals surface area contributed by atoms with Gasteiger partial charge in [-0.3, -0.25) is 4.99 Å². The van der Waals surface area contributed by atoms with E-state index in [-0.39, 0.29) is 36.0 Å². The first-order valence-electron chi connectivity index (χ1n) is 9.00. The number of ether oxygens (including phenoxy) is 2. The fraction of sp³-hybridized carbons (Fsp3) is 0.632. The van der Waals surface area contributed by atoms with Crippen LogP contribution in [0.3, 0.4) is 0 Å². The highest BCUT2D eigenvalue weighted by Gasteiger charge is 2.34. The zero-order chi connectivity index (χ0) is 18.0. The molecule has 0 spiro atoms. The number of nitrogens with zero attached hydrogens (tertiary/aromatic N) is 1. The van der Waals surface area contributed by atoms with E-state index in [0.717, 1.165) is 50.7 Å². The van der Waals surface area contributed by atoms with E-state index in [0.29, 0.717) is 13.2 Å². The van der Waals surface area contributed by atoms with Gasteiger partial charge in [-0.1, -0.05) is 17.7 Å². The average molecular weight is 477 g/mol. The Morgan fingerprint density at radius 2 is 2.08 bits per heavy atom. The minimum atomic E-state index is 0. The van der Waals surface area contributed by atoms with Gasteiger partial charge in [-0.05, 0) is 38.3 Å². The number of halogens is 1. The van der Waals surface area contributed by atoms with Gasteiger partial charge in [0.05, 0.1) is 13.2 Å². The van der Waals surface area contributed by atoms with Crippen molar-refractivity contribution in [2.75, 3.05) is 46.6 Å². The van der Waals surface area contributed by atoms with E-state index < -0.39 is 0 Å². The number of rotatable bonds is 9. The first kappa shape index (κ1) is 23.0. The molecule has 1 unspecified atom stereocenters. The molecule has 0 aliphatic carbocycles. The Bertz CT molecular complexity index is 531. The molecule has 0 amide bonds. The van der Waals surface area contributed by atoms with Gasteiger partial charge in [0.15, 0.2) is 5.96 Å². The lowest BCUT2D eigenvalue weighted by molar-refractivity contribution is 0.127. The second kappa shape index (κ2) is 12.3. The summed E-state index contributed by atoms with van der Waals surface area (Å²) in [5, 5.41) is 15.9. The van der Waals surface area contributed by atoms with E-state index in [9.17, 15) is 5.11 Å². The Kier molecular flexibility index (Phi) is 10.9. The number of hydrogen-bond acceptors (Lipinski definition) is 4. The lowest BCUT2D eigenvalue weighted by Gasteiger charge is -2.27. The lowest BCUT2D eigenvalue weighted by atomic mass is 9.84. The first-order valence-corrected chi connectivity index (χ1v) is 9.00. The molecular formula is C19H32IN3O3. The molecule has 1 aliphatic heterocycles. The molecule has 1 aromatic carbocycles. The van der Waals surface area contributed by atoms with Crippen LogP contribution in [0.2, 0.25) is 0 Å². The van der Waals surface area contributed by atoms with E-state index in [1.165, 1.54) is 5.56 Å². The highest BCUT2D eigenvalue weighted by atomic mass is 127. The van der Waals surface area contributed by atoms with Gasteiger partial charge in [-0.25, -0.2) is 0 Å². The van der Waals surface area contributed by atoms with Crippen LogP contribution in [0.1, 0.15) is 24.8 Å². The van der Waals surface area contributed by atoms with Gasteiger partial charge in [0.2, 0.25) is 0 Å². The summed E-state index contributed by atoms with van der Waals surface area (Å²) in [6, 6.07) is 8.09. The predicted molar refractivity (Wildman–Crippen MR) is 116 cm³/mol. The lowest BCUT2D eigenvalue weighted by Crippen LogP contribution is -2.44. The van der Waals surface area contributed by atoms with Crippen LogP contribution < -0.4 is 15.4 Å². The standard InChI is InChI=1S/C19H31N3O3.HI/c1-16-4-6-17(7-5-16)25-12-3-10-21-18(20-2)22-14-19(8-11-23)9-13-24-15-19;/h4-7,23H,3,8-15H2,1-2H3,(H2,20,21,22);1H. The van der Waals surface area contributed by atoms with E-state index in [1.807, 2.05) is 24.3 Å². The topological polar surface area (TPSA) is 75.1 Å². The number of aliphatic hydroxyl groups excluding tert-OH is 1. The maximum absolute atomic E-state index is 9.28. The summed E-state index contributed by atoms with van der Waals surface area (Å²) in [5.74, 6) is 1.68. The van der Waals surface area contributed by atoms with Crippen LogP contribution in [-0.4, -0.2) is 57.6 Å². The molecule has 1 fully saturated rings. The molecular weight excluding hydrogens is 445 g/mol. The molecule has 148 valence electrons. The van der Waals surface area contributed by atoms with Crippen molar-refractivity contribution in [1.29, 1.82) is 0 Å². The number of hydrogen-bond donors (Lipinski definition) is 3. The third kappa shape index (κ3) is 7.67. The fourth-order valence-electron chi connectivity index (χ4n) is 2.91. The number of aryl methyl sites for hydroxylation is 1. The monoisotopic (exact) mass is 477 g/mol. The summed E-state index contributed by atoms with van der Waals surface area (Å²) in [7, 11) is 1.77. The van der Waals surface area contributed by atoms with Gasteiger partial charge in [-0.2, -0.15) is 0 Å². The summed E-state index contributed by atoms with van der Waals surface area (Å²) in [4.78, 5) is 4.26. The van der Waals surface area contributed by atoms with Crippen LogP contribution in [0.25, 0.3) is 0 Å². The van der Waals surface area contributed by atoms with E-state index in [4.69, 9.17) is 9.47 Å². The first-order chi connectivity index (χ1) is 12.2. The molecule has 2 rings (SSSR count). The van der Waals surface area contributed by atoms with Gasteiger partial charge in [0.25, 0.3) is 0 Å². The summed E-state index contributed by atoms with van der Waals surface area (Å²) in [6.07, 6.45) is 2.61. The van der Waals surface area contributed by atoms with Crippen molar-refractivity contribution < 1.29 is 14.6 Å². The summed E-state index contributed by atoms with van der Waals surface area (Å²) < 4.78 is 11.2. The van der Waals surface area contributed by atoms with Gasteiger partial charge < -0.3 is 25.2 Å². The van der Waals surface area contributed by atoms with Gasteiger partial charge in [-0.15, -0.1) is 24.0 Å². The molecule has 0 radical (unpaired) electrons. The van der Waals surface area contributed by atoms with Crippen LogP contribution in [0, 0.1) is 12.3 Å². The van der Waals surface area contributed by atoms with Crippen molar-refractivity contribution in [3.8, 4) is 5.75 Å². The zero-order valence-electron chi connectivity index (χ0n) is 15.8. The largest absolute Gasteiger partial charge is 0.494 e. The molecule has 0 bridgehead atoms. The van der Waals surface area contributed by atoms with Crippen molar-refractivity contribution >= 4 is 29.9 Å². The predicted octanol–water partition coefficient (Wildman–Crippen LogP) is 2.34. The maximum atomic E-state index is 9.28. The molecule has 1 atom stereocenters. The number of aliphatic imine (C=N–C) groups is 1. The summed E-state index contributed by atoms with van der Waals surface area (Å²) in [5.41, 5.74) is 1.25. The van der Waals surface area contributed by atoms with Crippen molar-refractivity contribution in [2.24, 2.45) is 10.4 Å². The smallest absolute Gasteiger partial charge is 0.191 e. The van der Waals surface area contributed by atoms with Crippen LogP contribution >= 0.6 is 24.0 Å². The van der Waals surface area contributed by atoms with Crippen LogP contribution in [0.5, 0.6) is 5.75 Å². The molecule has 1 saturated heterocycles. The Labute approximate surface area is 173 Å². The molecule has 1 heterocycles. The van der Waals surface area contributed by atoms with E-state index >= 15 is 0 Å². The van der Waals surface area contributed by atoms with E-state index in [1.54, 1.807) is 7.05 Å². The van der Waals surface area contributed by atoms with Crippen LogP contribution in [-0.2, 0) is 4.74 Å². The highest BCUT2D eigenvalue weighted by Crippen LogP contribution is 2.31. The molecule has 6 nitrogen and oxygen atoms in total. The summed E-state index contributed by atoms with van der Waals surface area (Å²) in [6.45, 7) is 5.92. The third-order valence-electron chi connectivity index (χ3n) is 4.58. The summed E-state index contributed by atoms with van der Waals surface area (Å²) >= 11 is 0. The molecule has 1 aromatic rings. The SMILES string of the molecule is CN=C(NCCCOc1ccc(C)cc1)NCC1(CCO)CCOC1.I. The quantitative estimate of drug-likeness (QED) is 0.220. The van der Waals surface area contributed by atoms with Crippen molar-refractivity contribution in [2.45, 2.75) is 26.2 Å². The molecule has 0 saturated carbocycles. The van der Waals surface area contributed by atoms with Gasteiger partial charge in [0.1, 0.15) is 5.75 Å².